The minimum Gasteiger partial charge on any atom is -0.336 e. The number of hydrogen-bond donors (Lipinski definition) is 1. The van der Waals surface area contributed by atoms with Gasteiger partial charge in [-0.1, -0.05) is 38.5 Å². The van der Waals surface area contributed by atoms with Gasteiger partial charge in [-0.15, -0.1) is 0 Å². The lowest BCUT2D eigenvalue weighted by atomic mass is 9.99. The molecule has 1 saturated heterocycles. The molecule has 0 spiro atoms. The van der Waals surface area contributed by atoms with Crippen LogP contribution in [0, 0.1) is 5.92 Å². The highest BCUT2D eigenvalue weighted by atomic mass is 16.2. The number of piperazine rings is 1. The van der Waals surface area contributed by atoms with Gasteiger partial charge in [0, 0.05) is 31.8 Å². The fourth-order valence-electron chi connectivity index (χ4n) is 2.13. The summed E-state index contributed by atoms with van der Waals surface area (Å²) in [5, 5.41) is 3.27. The van der Waals surface area contributed by atoms with Crippen molar-refractivity contribution in [2.75, 3.05) is 26.2 Å². The highest BCUT2D eigenvalue weighted by Gasteiger charge is 2.18. The first-order valence-electron chi connectivity index (χ1n) is 7.47. The summed E-state index contributed by atoms with van der Waals surface area (Å²) in [5.74, 6) is 0.792. The summed E-state index contributed by atoms with van der Waals surface area (Å²) in [6.45, 7) is 12.1. The number of carbonyl (C=O) groups excluding carboxylic acids is 1. The molecule has 1 unspecified atom stereocenters. The fourth-order valence-corrected chi connectivity index (χ4v) is 2.13. The molecule has 1 N–H and O–H groups in total. The molecule has 108 valence electrons. The van der Waals surface area contributed by atoms with Crippen LogP contribution in [0.2, 0.25) is 0 Å². The van der Waals surface area contributed by atoms with Crippen LogP contribution in [-0.4, -0.2) is 37.0 Å². The number of hydrogen-bond acceptors (Lipinski definition) is 2. The summed E-state index contributed by atoms with van der Waals surface area (Å²) in [5.41, 5.74) is 2.27. The molecule has 1 rings (SSSR count). The van der Waals surface area contributed by atoms with Crippen LogP contribution in [0.5, 0.6) is 0 Å². The van der Waals surface area contributed by atoms with Gasteiger partial charge in [0.25, 0.3) is 0 Å². The molecule has 1 aliphatic rings. The van der Waals surface area contributed by atoms with Crippen LogP contribution in [0.3, 0.4) is 0 Å². The molecule has 1 aliphatic heterocycles. The number of allylic oxidation sites excluding steroid dienone is 3. The van der Waals surface area contributed by atoms with Crippen LogP contribution in [0.1, 0.15) is 40.5 Å². The van der Waals surface area contributed by atoms with E-state index in [0.29, 0.717) is 5.92 Å². The fraction of sp³-hybridized carbons (Fsp3) is 0.688. The van der Waals surface area contributed by atoms with E-state index in [0.717, 1.165) is 44.6 Å². The van der Waals surface area contributed by atoms with Crippen molar-refractivity contribution in [3.8, 4) is 0 Å². The molecule has 0 aliphatic carbocycles. The van der Waals surface area contributed by atoms with E-state index in [9.17, 15) is 4.79 Å². The molecule has 0 bridgehead atoms. The Kier molecular flexibility index (Phi) is 6.85. The maximum atomic E-state index is 12.4. The molecule has 3 heteroatoms. The van der Waals surface area contributed by atoms with Crippen LogP contribution >= 0.6 is 0 Å². The van der Waals surface area contributed by atoms with Gasteiger partial charge in [0.05, 0.1) is 0 Å². The summed E-state index contributed by atoms with van der Waals surface area (Å²) < 4.78 is 0. The predicted molar refractivity (Wildman–Crippen MR) is 81.0 cm³/mol. The van der Waals surface area contributed by atoms with Gasteiger partial charge < -0.3 is 10.2 Å². The second-order valence-electron chi connectivity index (χ2n) is 5.31. The molecular formula is C16H28N2O. The van der Waals surface area contributed by atoms with E-state index in [1.165, 1.54) is 5.57 Å². The van der Waals surface area contributed by atoms with Crippen molar-refractivity contribution in [1.29, 1.82) is 0 Å². The van der Waals surface area contributed by atoms with E-state index in [1.54, 1.807) is 0 Å². The van der Waals surface area contributed by atoms with Crippen LogP contribution < -0.4 is 5.32 Å². The Bertz CT molecular complexity index is 352. The third-order valence-corrected chi connectivity index (χ3v) is 4.00. The second-order valence-corrected chi connectivity index (χ2v) is 5.31. The van der Waals surface area contributed by atoms with E-state index in [1.807, 2.05) is 11.0 Å². The van der Waals surface area contributed by atoms with Crippen LogP contribution in [-0.2, 0) is 4.79 Å². The lowest BCUT2D eigenvalue weighted by molar-refractivity contribution is -0.127. The highest BCUT2D eigenvalue weighted by molar-refractivity contribution is 5.93. The first-order valence-corrected chi connectivity index (χ1v) is 7.47. The van der Waals surface area contributed by atoms with Crippen molar-refractivity contribution >= 4 is 5.91 Å². The number of rotatable bonds is 5. The molecule has 1 atom stereocenters. The minimum absolute atomic E-state index is 0.206. The molecule has 0 aromatic carbocycles. The van der Waals surface area contributed by atoms with Gasteiger partial charge in [0.15, 0.2) is 0 Å². The molecule has 19 heavy (non-hydrogen) atoms. The normalized spacial score (nSPS) is 19.5. The molecule has 1 fully saturated rings. The lowest BCUT2D eigenvalue weighted by Gasteiger charge is -2.28. The predicted octanol–water partition coefficient (Wildman–Crippen LogP) is 2.75. The van der Waals surface area contributed by atoms with Crippen molar-refractivity contribution < 1.29 is 4.79 Å². The maximum Gasteiger partial charge on any atom is 0.249 e. The Labute approximate surface area is 117 Å². The van der Waals surface area contributed by atoms with E-state index in [4.69, 9.17) is 0 Å². The first-order chi connectivity index (χ1) is 9.10. The van der Waals surface area contributed by atoms with Crippen molar-refractivity contribution in [1.82, 2.24) is 10.2 Å². The van der Waals surface area contributed by atoms with Crippen molar-refractivity contribution in [2.45, 2.75) is 40.5 Å². The Morgan fingerprint density at radius 3 is 2.42 bits per heavy atom. The Morgan fingerprint density at radius 2 is 1.89 bits per heavy atom. The third kappa shape index (κ3) is 4.83. The van der Waals surface area contributed by atoms with Crippen LogP contribution in [0.4, 0.5) is 0 Å². The van der Waals surface area contributed by atoms with Gasteiger partial charge in [0.2, 0.25) is 5.91 Å². The largest absolute Gasteiger partial charge is 0.336 e. The number of carbonyl (C=O) groups is 1. The highest BCUT2D eigenvalue weighted by Crippen LogP contribution is 2.15. The second kappa shape index (κ2) is 8.16. The summed E-state index contributed by atoms with van der Waals surface area (Å²) in [6, 6.07) is 0. The van der Waals surface area contributed by atoms with Crippen molar-refractivity contribution in [3.05, 3.63) is 23.3 Å². The average molecular weight is 264 g/mol. The van der Waals surface area contributed by atoms with Gasteiger partial charge in [-0.2, -0.15) is 0 Å². The Morgan fingerprint density at radius 1 is 1.26 bits per heavy atom. The van der Waals surface area contributed by atoms with Gasteiger partial charge in [-0.3, -0.25) is 4.79 Å². The van der Waals surface area contributed by atoms with E-state index in [-0.39, 0.29) is 5.91 Å². The Hall–Kier alpha value is -1.09. The number of nitrogens with zero attached hydrogens (tertiary/aromatic N) is 1. The zero-order valence-electron chi connectivity index (χ0n) is 12.8. The zero-order chi connectivity index (χ0) is 14.3. The monoisotopic (exact) mass is 264 g/mol. The van der Waals surface area contributed by atoms with Gasteiger partial charge in [0.1, 0.15) is 0 Å². The van der Waals surface area contributed by atoms with Gasteiger partial charge in [-0.25, -0.2) is 0 Å². The molecule has 0 aromatic rings. The van der Waals surface area contributed by atoms with Crippen LogP contribution in [0.25, 0.3) is 0 Å². The number of amides is 1. The molecule has 0 radical (unpaired) electrons. The average Bonchev–Trinajstić information content (AvgIpc) is 2.47. The lowest BCUT2D eigenvalue weighted by Crippen LogP contribution is -2.46. The molecule has 3 nitrogen and oxygen atoms in total. The number of nitrogens with one attached hydrogen (secondary N) is 1. The smallest absolute Gasteiger partial charge is 0.249 e. The summed E-state index contributed by atoms with van der Waals surface area (Å²) in [4.78, 5) is 14.3. The van der Waals surface area contributed by atoms with Gasteiger partial charge in [-0.05, 0) is 25.7 Å². The Balaban J connectivity index is 2.72. The quantitative estimate of drug-likeness (QED) is 0.612. The minimum atomic E-state index is 0.206. The molecule has 1 heterocycles. The van der Waals surface area contributed by atoms with Crippen molar-refractivity contribution in [2.24, 2.45) is 5.92 Å². The molecule has 0 saturated carbocycles. The molecule has 0 aromatic heterocycles. The maximum absolute atomic E-state index is 12.4. The van der Waals surface area contributed by atoms with E-state index in [2.05, 4.69) is 39.1 Å². The third-order valence-electron chi connectivity index (χ3n) is 4.00. The topological polar surface area (TPSA) is 32.3 Å². The summed E-state index contributed by atoms with van der Waals surface area (Å²) >= 11 is 0. The first kappa shape index (κ1) is 16.0. The van der Waals surface area contributed by atoms with E-state index < -0.39 is 0 Å². The summed E-state index contributed by atoms with van der Waals surface area (Å²) in [7, 11) is 0. The van der Waals surface area contributed by atoms with E-state index >= 15 is 0 Å². The summed E-state index contributed by atoms with van der Waals surface area (Å²) in [6.07, 6.45) is 6.08. The van der Waals surface area contributed by atoms with Crippen LogP contribution in [0.15, 0.2) is 23.3 Å². The standard InChI is InChI=1S/C16H28N2O/c1-5-13(3)14(4)7-8-15(6-2)16(19)18-11-9-17-10-12-18/h7-8,13,17H,5-6,9-12H2,1-4H3/b14-7+,15-8+. The zero-order valence-corrected chi connectivity index (χ0v) is 12.8. The van der Waals surface area contributed by atoms with Gasteiger partial charge >= 0.3 is 0 Å². The SMILES string of the molecule is CC/C(=C\C=C(/C)C(C)CC)C(=O)N1CCNCC1. The molecule has 1 amide bonds. The molecular weight excluding hydrogens is 236 g/mol. The van der Waals surface area contributed by atoms with Crippen molar-refractivity contribution in [3.63, 3.8) is 0 Å².